The predicted octanol–water partition coefficient (Wildman–Crippen LogP) is 0.691. The van der Waals surface area contributed by atoms with Crippen molar-refractivity contribution in [2.45, 2.75) is 18.9 Å². The van der Waals surface area contributed by atoms with Gasteiger partial charge in [0.25, 0.3) is 0 Å². The number of aliphatic imine (C=N–C) groups is 1. The molecule has 1 aliphatic heterocycles. The number of hydrogen-bond donors (Lipinski definition) is 2. The predicted molar refractivity (Wildman–Crippen MR) is 82.7 cm³/mol. The van der Waals surface area contributed by atoms with E-state index in [-0.39, 0.29) is 12.5 Å². The lowest BCUT2D eigenvalue weighted by Gasteiger charge is -2.24. The fourth-order valence-electron chi connectivity index (χ4n) is 1.66. The van der Waals surface area contributed by atoms with Gasteiger partial charge in [-0.1, -0.05) is 6.08 Å². The molecule has 1 fully saturated rings. The maximum atomic E-state index is 11.6. The molecule has 5 nitrogen and oxygen atoms in total. The Hall–Kier alpha value is -1.17. The number of nitrogens with one attached hydrogen (secondary N) is 2. The molecule has 0 radical (unpaired) electrons. The first kappa shape index (κ1) is 15.9. The van der Waals surface area contributed by atoms with Crippen LogP contribution in [0.1, 0.15) is 12.8 Å². The highest BCUT2D eigenvalue weighted by Gasteiger charge is 2.15. The second kappa shape index (κ2) is 8.85. The van der Waals surface area contributed by atoms with Gasteiger partial charge in [-0.05, 0) is 18.6 Å². The number of carbonyl (C=O) groups excluding carboxylic acids is 1. The highest BCUT2D eigenvalue weighted by atomic mass is 32.2. The molecule has 0 aliphatic carbocycles. The summed E-state index contributed by atoms with van der Waals surface area (Å²) >= 11 is 1.96. The van der Waals surface area contributed by atoms with E-state index < -0.39 is 0 Å². The van der Waals surface area contributed by atoms with Crippen molar-refractivity contribution in [1.82, 2.24) is 15.5 Å². The van der Waals surface area contributed by atoms with Crippen LogP contribution in [0.15, 0.2) is 17.6 Å². The Labute approximate surface area is 119 Å². The molecule has 1 rings (SSSR count). The molecule has 0 spiro atoms. The normalized spacial score (nSPS) is 19.7. The van der Waals surface area contributed by atoms with E-state index in [0.29, 0.717) is 18.5 Å². The topological polar surface area (TPSA) is 56.7 Å². The quantitative estimate of drug-likeness (QED) is 0.443. The summed E-state index contributed by atoms with van der Waals surface area (Å²) < 4.78 is 0. The van der Waals surface area contributed by atoms with Gasteiger partial charge in [0, 0.05) is 32.4 Å². The first-order valence-electron chi connectivity index (χ1n) is 6.57. The van der Waals surface area contributed by atoms with Crippen LogP contribution in [-0.4, -0.2) is 61.5 Å². The Morgan fingerprint density at radius 1 is 1.58 bits per heavy atom. The Balaban J connectivity index is 2.51. The van der Waals surface area contributed by atoms with E-state index in [0.717, 1.165) is 12.2 Å². The largest absolute Gasteiger partial charge is 0.353 e. The SMILES string of the molecule is C=CCNC(=NCC(=O)N(C)C)NC1CCCSC1. The summed E-state index contributed by atoms with van der Waals surface area (Å²) in [6.07, 6.45) is 4.16. The Morgan fingerprint density at radius 2 is 2.37 bits per heavy atom. The number of amides is 1. The molecule has 1 unspecified atom stereocenters. The van der Waals surface area contributed by atoms with Gasteiger partial charge in [-0.15, -0.1) is 6.58 Å². The van der Waals surface area contributed by atoms with Gasteiger partial charge >= 0.3 is 0 Å². The fourth-order valence-corrected chi connectivity index (χ4v) is 2.73. The smallest absolute Gasteiger partial charge is 0.243 e. The summed E-state index contributed by atoms with van der Waals surface area (Å²) in [5.74, 6) is 3.03. The number of thioether (sulfide) groups is 1. The maximum absolute atomic E-state index is 11.6. The van der Waals surface area contributed by atoms with Crippen LogP contribution >= 0.6 is 11.8 Å². The molecule has 1 heterocycles. The molecule has 0 aromatic heterocycles. The standard InChI is InChI=1S/C13H24N4OS/c1-4-7-14-13(15-9-12(18)17(2)3)16-11-6-5-8-19-10-11/h4,11H,1,5-10H2,2-3H3,(H2,14,15,16). The van der Waals surface area contributed by atoms with Gasteiger partial charge in [0.15, 0.2) is 5.96 Å². The second-order valence-electron chi connectivity index (χ2n) is 4.68. The molecule has 6 heteroatoms. The van der Waals surface area contributed by atoms with Crippen molar-refractivity contribution in [1.29, 1.82) is 0 Å². The lowest BCUT2D eigenvalue weighted by molar-refractivity contribution is -0.127. The van der Waals surface area contributed by atoms with E-state index in [9.17, 15) is 4.79 Å². The van der Waals surface area contributed by atoms with Crippen LogP contribution in [0.25, 0.3) is 0 Å². The lowest BCUT2D eigenvalue weighted by atomic mass is 10.2. The van der Waals surface area contributed by atoms with Crippen LogP contribution in [0.5, 0.6) is 0 Å². The monoisotopic (exact) mass is 284 g/mol. The number of nitrogens with zero attached hydrogens (tertiary/aromatic N) is 2. The molecule has 1 saturated heterocycles. The third-order valence-electron chi connectivity index (χ3n) is 2.79. The van der Waals surface area contributed by atoms with Crippen molar-refractivity contribution in [3.05, 3.63) is 12.7 Å². The first-order valence-corrected chi connectivity index (χ1v) is 7.72. The maximum Gasteiger partial charge on any atom is 0.243 e. The lowest BCUT2D eigenvalue weighted by Crippen LogP contribution is -2.46. The van der Waals surface area contributed by atoms with Crippen LogP contribution in [0.4, 0.5) is 0 Å². The van der Waals surface area contributed by atoms with Crippen molar-refractivity contribution >= 4 is 23.6 Å². The van der Waals surface area contributed by atoms with Crippen LogP contribution in [-0.2, 0) is 4.79 Å². The summed E-state index contributed by atoms with van der Waals surface area (Å²) in [6.45, 7) is 4.49. The zero-order valence-corrected chi connectivity index (χ0v) is 12.6. The van der Waals surface area contributed by atoms with Crippen LogP contribution in [0.2, 0.25) is 0 Å². The van der Waals surface area contributed by atoms with Crippen LogP contribution in [0.3, 0.4) is 0 Å². The molecule has 108 valence electrons. The molecule has 0 aromatic carbocycles. The molecule has 0 aromatic rings. The van der Waals surface area contributed by atoms with E-state index in [4.69, 9.17) is 0 Å². The molecular formula is C13H24N4OS. The molecule has 0 bridgehead atoms. The minimum Gasteiger partial charge on any atom is -0.353 e. The summed E-state index contributed by atoms with van der Waals surface area (Å²) in [4.78, 5) is 17.4. The summed E-state index contributed by atoms with van der Waals surface area (Å²) in [5.41, 5.74) is 0. The highest BCUT2D eigenvalue weighted by Crippen LogP contribution is 2.16. The summed E-state index contributed by atoms with van der Waals surface area (Å²) in [7, 11) is 3.47. The number of carbonyl (C=O) groups is 1. The van der Waals surface area contributed by atoms with Gasteiger partial charge in [-0.2, -0.15) is 11.8 Å². The van der Waals surface area contributed by atoms with E-state index in [1.54, 1.807) is 25.1 Å². The molecular weight excluding hydrogens is 260 g/mol. The molecule has 1 atom stereocenters. The van der Waals surface area contributed by atoms with Gasteiger partial charge in [-0.25, -0.2) is 4.99 Å². The van der Waals surface area contributed by atoms with E-state index >= 15 is 0 Å². The number of likely N-dealkylation sites (N-methyl/N-ethyl adjacent to an activating group) is 1. The average Bonchev–Trinajstić information content (AvgIpc) is 2.42. The van der Waals surface area contributed by atoms with Gasteiger partial charge in [-0.3, -0.25) is 4.79 Å². The van der Waals surface area contributed by atoms with Gasteiger partial charge in [0.05, 0.1) is 0 Å². The van der Waals surface area contributed by atoms with Crippen molar-refractivity contribution in [3.8, 4) is 0 Å². The van der Waals surface area contributed by atoms with Crippen molar-refractivity contribution in [2.75, 3.05) is 38.7 Å². The third kappa shape index (κ3) is 6.52. The van der Waals surface area contributed by atoms with Crippen molar-refractivity contribution in [2.24, 2.45) is 4.99 Å². The zero-order chi connectivity index (χ0) is 14.1. The minimum absolute atomic E-state index is 0.00211. The third-order valence-corrected chi connectivity index (χ3v) is 4.00. The van der Waals surface area contributed by atoms with Crippen LogP contribution in [0, 0.1) is 0 Å². The number of guanidine groups is 1. The zero-order valence-electron chi connectivity index (χ0n) is 11.8. The van der Waals surface area contributed by atoms with E-state index in [1.165, 1.54) is 12.2 Å². The van der Waals surface area contributed by atoms with Crippen LogP contribution < -0.4 is 10.6 Å². The molecule has 1 amide bonds. The summed E-state index contributed by atoms with van der Waals surface area (Å²) in [5, 5.41) is 6.54. The number of hydrogen-bond acceptors (Lipinski definition) is 3. The minimum atomic E-state index is -0.00211. The average molecular weight is 284 g/mol. The Morgan fingerprint density at radius 3 is 2.95 bits per heavy atom. The van der Waals surface area contributed by atoms with Gasteiger partial charge in [0.2, 0.25) is 5.91 Å². The van der Waals surface area contributed by atoms with Gasteiger partial charge in [0.1, 0.15) is 6.54 Å². The molecule has 0 saturated carbocycles. The second-order valence-corrected chi connectivity index (χ2v) is 5.83. The Kier molecular flexibility index (Phi) is 7.40. The van der Waals surface area contributed by atoms with E-state index in [2.05, 4.69) is 22.2 Å². The molecule has 19 heavy (non-hydrogen) atoms. The summed E-state index contributed by atoms with van der Waals surface area (Å²) in [6, 6.07) is 0.435. The van der Waals surface area contributed by atoms with Crippen molar-refractivity contribution < 1.29 is 4.79 Å². The molecule has 2 N–H and O–H groups in total. The van der Waals surface area contributed by atoms with Crippen molar-refractivity contribution in [3.63, 3.8) is 0 Å². The number of rotatable bonds is 5. The molecule has 1 aliphatic rings. The highest BCUT2D eigenvalue weighted by molar-refractivity contribution is 7.99. The van der Waals surface area contributed by atoms with E-state index in [1.807, 2.05) is 11.8 Å². The first-order chi connectivity index (χ1) is 9.13. The fraction of sp³-hybridized carbons (Fsp3) is 0.692. The Bertz CT molecular complexity index is 325. The van der Waals surface area contributed by atoms with Gasteiger partial charge < -0.3 is 15.5 Å².